The molecule has 1 saturated heterocycles. The number of H-pyrrole nitrogens is 1. The van der Waals surface area contributed by atoms with Crippen molar-refractivity contribution in [3.05, 3.63) is 73.9 Å². The third kappa shape index (κ3) is 6.43. The molecule has 2 aromatic heterocycles. The number of nitrogens with zero attached hydrogens (tertiary/aromatic N) is 5. The molecule has 3 aromatic rings. The Balaban J connectivity index is 1.24. The van der Waals surface area contributed by atoms with Crippen molar-refractivity contribution in [2.24, 2.45) is 0 Å². The molecule has 1 aliphatic heterocycles. The molecule has 4 rings (SSSR count). The summed E-state index contributed by atoms with van der Waals surface area (Å²) in [5.41, 5.74) is 1.86. The quantitative estimate of drug-likeness (QED) is 0.269. The molecule has 1 aromatic carbocycles. The van der Waals surface area contributed by atoms with E-state index in [4.69, 9.17) is 5.11 Å². The molecule has 1 fully saturated rings. The Morgan fingerprint density at radius 1 is 1.13 bits per heavy atom. The molecule has 0 spiro atoms. The zero-order valence-electron chi connectivity index (χ0n) is 21.5. The van der Waals surface area contributed by atoms with E-state index in [1.807, 2.05) is 30.0 Å². The average molecular weight is 526 g/mol. The van der Waals surface area contributed by atoms with Gasteiger partial charge >= 0.3 is 11.7 Å². The van der Waals surface area contributed by atoms with Gasteiger partial charge < -0.3 is 15.3 Å². The number of benzene rings is 1. The summed E-state index contributed by atoms with van der Waals surface area (Å²) in [5.74, 6) is -1.90. The topological polar surface area (TPSA) is 136 Å². The van der Waals surface area contributed by atoms with Gasteiger partial charge in [0.2, 0.25) is 11.9 Å². The van der Waals surface area contributed by atoms with Crippen LogP contribution < -0.4 is 21.5 Å². The number of carbonyl (C=O) groups is 1. The molecule has 11 nitrogen and oxygen atoms in total. The molecule has 38 heavy (non-hydrogen) atoms. The second-order valence-corrected chi connectivity index (χ2v) is 9.31. The lowest BCUT2D eigenvalue weighted by Crippen LogP contribution is -2.47. The number of aryl methyl sites for hydroxylation is 2. The first kappa shape index (κ1) is 27.0. The van der Waals surface area contributed by atoms with Crippen molar-refractivity contribution in [1.29, 1.82) is 0 Å². The fourth-order valence-electron chi connectivity index (χ4n) is 4.51. The van der Waals surface area contributed by atoms with E-state index >= 15 is 0 Å². The van der Waals surface area contributed by atoms with Gasteiger partial charge in [0.05, 0.1) is 6.20 Å². The van der Waals surface area contributed by atoms with Gasteiger partial charge in [-0.3, -0.25) is 19.2 Å². The fourth-order valence-corrected chi connectivity index (χ4v) is 4.51. The van der Waals surface area contributed by atoms with Gasteiger partial charge in [0.1, 0.15) is 11.4 Å². The number of carboxylic acids is 1. The van der Waals surface area contributed by atoms with E-state index in [-0.39, 0.29) is 11.5 Å². The number of rotatable bonds is 10. The number of aromatic nitrogens is 4. The molecule has 0 saturated carbocycles. The fraction of sp³-hybridized carbons (Fsp3) is 0.423. The SMILES string of the molecule is CCc1cc(Nc2cc(=O)n(CCCCN3CCN(c4ncc(C(=O)O)c(F)n4)CC3)c(=O)[nH]2)ccc1C. The molecule has 0 radical (unpaired) electrons. The summed E-state index contributed by atoms with van der Waals surface area (Å²) < 4.78 is 15.1. The predicted octanol–water partition coefficient (Wildman–Crippen LogP) is 2.38. The first-order chi connectivity index (χ1) is 18.2. The summed E-state index contributed by atoms with van der Waals surface area (Å²) in [7, 11) is 0. The van der Waals surface area contributed by atoms with Crippen molar-refractivity contribution in [2.75, 3.05) is 42.9 Å². The van der Waals surface area contributed by atoms with Crippen LogP contribution in [-0.2, 0) is 13.0 Å². The molecule has 0 amide bonds. The van der Waals surface area contributed by atoms with Gasteiger partial charge in [-0.15, -0.1) is 0 Å². The summed E-state index contributed by atoms with van der Waals surface area (Å²) in [4.78, 5) is 50.6. The number of piperazine rings is 1. The molecule has 3 heterocycles. The summed E-state index contributed by atoms with van der Waals surface area (Å²) in [5, 5.41) is 12.0. The third-order valence-corrected chi connectivity index (χ3v) is 6.75. The normalized spacial score (nSPS) is 14.0. The molecule has 0 aliphatic carbocycles. The van der Waals surface area contributed by atoms with Crippen molar-refractivity contribution in [3.8, 4) is 0 Å². The maximum atomic E-state index is 13.9. The van der Waals surface area contributed by atoms with Crippen LogP contribution in [-0.4, -0.2) is 68.2 Å². The van der Waals surface area contributed by atoms with Crippen molar-refractivity contribution >= 4 is 23.4 Å². The van der Waals surface area contributed by atoms with Crippen LogP contribution in [0.2, 0.25) is 0 Å². The number of anilines is 3. The van der Waals surface area contributed by atoms with Crippen LogP contribution in [0.5, 0.6) is 0 Å². The summed E-state index contributed by atoms with van der Waals surface area (Å²) in [6.45, 7) is 7.84. The van der Waals surface area contributed by atoms with E-state index in [1.165, 1.54) is 21.8 Å². The molecule has 1 aliphatic rings. The largest absolute Gasteiger partial charge is 0.477 e. The maximum Gasteiger partial charge on any atom is 0.341 e. The van der Waals surface area contributed by atoms with E-state index in [9.17, 15) is 18.8 Å². The van der Waals surface area contributed by atoms with E-state index in [0.29, 0.717) is 45.0 Å². The molecule has 0 atom stereocenters. The predicted molar refractivity (Wildman–Crippen MR) is 142 cm³/mol. The molecular formula is C26H32FN7O4. The number of halogens is 1. The lowest BCUT2D eigenvalue weighted by Gasteiger charge is -2.34. The van der Waals surface area contributed by atoms with Gasteiger partial charge in [-0.25, -0.2) is 14.6 Å². The Kier molecular flexibility index (Phi) is 8.52. The zero-order valence-corrected chi connectivity index (χ0v) is 21.5. The van der Waals surface area contributed by atoms with Crippen molar-refractivity contribution in [1.82, 2.24) is 24.4 Å². The van der Waals surface area contributed by atoms with Gasteiger partial charge in [0, 0.05) is 44.5 Å². The summed E-state index contributed by atoms with van der Waals surface area (Å²) >= 11 is 0. The Morgan fingerprint density at radius 3 is 2.53 bits per heavy atom. The molecular weight excluding hydrogens is 493 g/mol. The Bertz CT molecular complexity index is 1380. The number of carboxylic acid groups (broad SMARTS) is 1. The second kappa shape index (κ2) is 12.0. The summed E-state index contributed by atoms with van der Waals surface area (Å²) in [6.07, 6.45) is 3.35. The van der Waals surface area contributed by atoms with Crippen molar-refractivity contribution in [3.63, 3.8) is 0 Å². The molecule has 0 bridgehead atoms. The smallest absolute Gasteiger partial charge is 0.341 e. The van der Waals surface area contributed by atoms with Crippen LogP contribution in [0.15, 0.2) is 40.1 Å². The molecule has 12 heteroatoms. The first-order valence-electron chi connectivity index (χ1n) is 12.7. The van der Waals surface area contributed by atoms with E-state index < -0.39 is 23.2 Å². The molecule has 0 unspecified atom stereocenters. The van der Waals surface area contributed by atoms with Gasteiger partial charge in [-0.2, -0.15) is 9.37 Å². The van der Waals surface area contributed by atoms with Crippen LogP contribution in [0.1, 0.15) is 41.3 Å². The maximum absolute atomic E-state index is 13.9. The highest BCUT2D eigenvalue weighted by molar-refractivity contribution is 5.87. The number of hydrogen-bond donors (Lipinski definition) is 3. The lowest BCUT2D eigenvalue weighted by molar-refractivity contribution is 0.0690. The van der Waals surface area contributed by atoms with Crippen molar-refractivity contribution < 1.29 is 14.3 Å². The van der Waals surface area contributed by atoms with E-state index in [2.05, 4.69) is 32.1 Å². The highest BCUT2D eigenvalue weighted by atomic mass is 19.1. The third-order valence-electron chi connectivity index (χ3n) is 6.75. The highest BCUT2D eigenvalue weighted by Gasteiger charge is 2.21. The van der Waals surface area contributed by atoms with Gasteiger partial charge in [0.15, 0.2) is 0 Å². The number of unbranched alkanes of at least 4 members (excludes halogenated alkanes) is 1. The molecule has 3 N–H and O–H groups in total. The van der Waals surface area contributed by atoms with Gasteiger partial charge in [-0.05, 0) is 56.0 Å². The van der Waals surface area contributed by atoms with Crippen molar-refractivity contribution in [2.45, 2.75) is 39.7 Å². The lowest BCUT2D eigenvalue weighted by atomic mass is 10.1. The van der Waals surface area contributed by atoms with Crippen LogP contribution >= 0.6 is 0 Å². The van der Waals surface area contributed by atoms with Crippen LogP contribution in [0.3, 0.4) is 0 Å². The Hall–Kier alpha value is -4.06. The number of aromatic carboxylic acids is 1. The number of aromatic amines is 1. The minimum absolute atomic E-state index is 0.178. The van der Waals surface area contributed by atoms with Crippen LogP contribution in [0.4, 0.5) is 21.8 Å². The van der Waals surface area contributed by atoms with E-state index in [1.54, 1.807) is 0 Å². The van der Waals surface area contributed by atoms with Crippen LogP contribution in [0.25, 0.3) is 0 Å². The number of nitrogens with one attached hydrogen (secondary N) is 2. The average Bonchev–Trinajstić information content (AvgIpc) is 2.89. The highest BCUT2D eigenvalue weighted by Crippen LogP contribution is 2.18. The van der Waals surface area contributed by atoms with Crippen LogP contribution in [0, 0.1) is 12.9 Å². The minimum atomic E-state index is -1.40. The number of hydrogen-bond acceptors (Lipinski definition) is 8. The standard InChI is InChI=1S/C26H32FN7O4/c1-3-18-14-19(7-6-17(18)2)29-21-15-22(35)34(26(38)30-21)9-5-4-8-32-10-12-33(13-11-32)25-28-16-20(24(36)37)23(27)31-25/h6-7,14-16,29H,3-5,8-13H2,1-2H3,(H,30,38)(H,36,37). The molecule has 202 valence electrons. The monoisotopic (exact) mass is 525 g/mol. The Labute approximate surface area is 219 Å². The van der Waals surface area contributed by atoms with E-state index in [0.717, 1.165) is 31.3 Å². The Morgan fingerprint density at radius 2 is 1.87 bits per heavy atom. The first-order valence-corrected chi connectivity index (χ1v) is 12.7. The van der Waals surface area contributed by atoms with Gasteiger partial charge in [-0.1, -0.05) is 13.0 Å². The minimum Gasteiger partial charge on any atom is -0.477 e. The second-order valence-electron chi connectivity index (χ2n) is 9.31. The zero-order chi connectivity index (χ0) is 27.2. The summed E-state index contributed by atoms with van der Waals surface area (Å²) in [6, 6.07) is 7.34. The van der Waals surface area contributed by atoms with Gasteiger partial charge in [0.25, 0.3) is 5.56 Å².